The van der Waals surface area contributed by atoms with Crippen molar-refractivity contribution in [1.82, 2.24) is 5.32 Å². The van der Waals surface area contributed by atoms with Gasteiger partial charge in [-0.3, -0.25) is 4.79 Å². The fourth-order valence-electron chi connectivity index (χ4n) is 1.82. The van der Waals surface area contributed by atoms with Gasteiger partial charge in [0, 0.05) is 12.5 Å². The second kappa shape index (κ2) is 5.81. The second-order valence-electron chi connectivity index (χ2n) is 4.03. The first-order valence-electron chi connectivity index (χ1n) is 5.38. The summed E-state index contributed by atoms with van der Waals surface area (Å²) in [5.41, 5.74) is 6.66. The maximum absolute atomic E-state index is 10.6. The Morgan fingerprint density at radius 1 is 1.71 bits per heavy atom. The van der Waals surface area contributed by atoms with E-state index in [0.717, 1.165) is 13.0 Å². The molecule has 1 aliphatic rings. The summed E-state index contributed by atoms with van der Waals surface area (Å²) in [5.74, 6) is -0.231. The number of nitrogens with one attached hydrogen (secondary N) is 1. The minimum Gasteiger partial charge on any atom is -0.370 e. The lowest BCUT2D eigenvalue weighted by atomic mass is 10.1. The highest BCUT2D eigenvalue weighted by Gasteiger charge is 2.07. The van der Waals surface area contributed by atoms with Crippen LogP contribution in [0.15, 0.2) is 11.6 Å². The molecule has 0 spiro atoms. The number of nitrogens with two attached hydrogens (primary N) is 1. The third kappa shape index (κ3) is 4.42. The number of hydrogen-bond acceptors (Lipinski definition) is 2. The molecule has 0 aromatic rings. The second-order valence-corrected chi connectivity index (χ2v) is 4.03. The molecule has 0 saturated carbocycles. The van der Waals surface area contributed by atoms with Crippen molar-refractivity contribution in [2.24, 2.45) is 5.73 Å². The minimum atomic E-state index is -0.231. The van der Waals surface area contributed by atoms with Crippen molar-refractivity contribution in [3.63, 3.8) is 0 Å². The van der Waals surface area contributed by atoms with E-state index in [9.17, 15) is 4.79 Å². The highest BCUT2D eigenvalue weighted by molar-refractivity contribution is 5.74. The molecule has 0 heterocycles. The topological polar surface area (TPSA) is 55.1 Å². The van der Waals surface area contributed by atoms with E-state index in [1.54, 1.807) is 5.57 Å². The lowest BCUT2D eigenvalue weighted by Gasteiger charge is -2.11. The SMILES string of the molecule is CC(CC(N)=O)NCCC1=CCCC1. The van der Waals surface area contributed by atoms with E-state index < -0.39 is 0 Å². The zero-order chi connectivity index (χ0) is 10.4. The van der Waals surface area contributed by atoms with Gasteiger partial charge >= 0.3 is 0 Å². The molecule has 0 aromatic carbocycles. The van der Waals surface area contributed by atoms with E-state index in [0.29, 0.717) is 6.42 Å². The zero-order valence-electron chi connectivity index (χ0n) is 8.88. The predicted octanol–water partition coefficient (Wildman–Crippen LogP) is 1.34. The average molecular weight is 196 g/mol. The molecule has 0 aromatic heterocycles. The van der Waals surface area contributed by atoms with Crippen LogP contribution in [0.4, 0.5) is 0 Å². The maximum atomic E-state index is 10.6. The van der Waals surface area contributed by atoms with Crippen molar-refractivity contribution in [2.75, 3.05) is 6.54 Å². The van der Waals surface area contributed by atoms with Gasteiger partial charge in [-0.25, -0.2) is 0 Å². The molecular weight excluding hydrogens is 176 g/mol. The van der Waals surface area contributed by atoms with E-state index in [2.05, 4.69) is 11.4 Å². The summed E-state index contributed by atoms with van der Waals surface area (Å²) in [6.45, 7) is 2.95. The normalized spacial score (nSPS) is 17.9. The number of amides is 1. The Hall–Kier alpha value is -0.830. The molecule has 0 bridgehead atoms. The summed E-state index contributed by atoms with van der Waals surface area (Å²) in [6.07, 6.45) is 7.69. The van der Waals surface area contributed by atoms with Crippen molar-refractivity contribution in [3.8, 4) is 0 Å². The largest absolute Gasteiger partial charge is 0.370 e. The standard InChI is InChI=1S/C11H20N2O/c1-9(8-11(12)14)13-7-6-10-4-2-3-5-10/h4,9,13H,2-3,5-8H2,1H3,(H2,12,14). The van der Waals surface area contributed by atoms with E-state index in [4.69, 9.17) is 5.73 Å². The van der Waals surface area contributed by atoms with Gasteiger partial charge in [-0.05, 0) is 39.2 Å². The third-order valence-electron chi connectivity index (χ3n) is 2.58. The van der Waals surface area contributed by atoms with Gasteiger partial charge in [0.05, 0.1) is 0 Å². The molecule has 1 rings (SSSR count). The van der Waals surface area contributed by atoms with Crippen LogP contribution in [0.2, 0.25) is 0 Å². The first-order chi connectivity index (χ1) is 6.68. The van der Waals surface area contributed by atoms with Crippen molar-refractivity contribution < 1.29 is 4.79 Å². The summed E-state index contributed by atoms with van der Waals surface area (Å²) >= 11 is 0. The van der Waals surface area contributed by atoms with Gasteiger partial charge in [-0.2, -0.15) is 0 Å². The Morgan fingerprint density at radius 2 is 2.50 bits per heavy atom. The van der Waals surface area contributed by atoms with E-state index in [-0.39, 0.29) is 11.9 Å². The molecule has 3 N–H and O–H groups in total. The molecule has 0 fully saturated rings. The molecule has 3 heteroatoms. The first-order valence-corrected chi connectivity index (χ1v) is 5.38. The van der Waals surface area contributed by atoms with Crippen LogP contribution >= 0.6 is 0 Å². The fourth-order valence-corrected chi connectivity index (χ4v) is 1.82. The Balaban J connectivity index is 2.05. The molecule has 1 atom stereocenters. The van der Waals surface area contributed by atoms with E-state index in [1.165, 1.54) is 19.3 Å². The van der Waals surface area contributed by atoms with Gasteiger partial charge < -0.3 is 11.1 Å². The summed E-state index contributed by atoms with van der Waals surface area (Å²) < 4.78 is 0. The number of primary amides is 1. The lowest BCUT2D eigenvalue weighted by Crippen LogP contribution is -2.31. The Labute approximate surface area is 85.7 Å². The average Bonchev–Trinajstić information content (AvgIpc) is 2.55. The maximum Gasteiger partial charge on any atom is 0.218 e. The van der Waals surface area contributed by atoms with Crippen LogP contribution in [0.3, 0.4) is 0 Å². The lowest BCUT2D eigenvalue weighted by molar-refractivity contribution is -0.118. The van der Waals surface area contributed by atoms with Crippen LogP contribution in [-0.4, -0.2) is 18.5 Å². The van der Waals surface area contributed by atoms with Crippen molar-refractivity contribution in [2.45, 2.75) is 45.1 Å². The smallest absolute Gasteiger partial charge is 0.218 e. The van der Waals surface area contributed by atoms with Gasteiger partial charge in [0.15, 0.2) is 0 Å². The van der Waals surface area contributed by atoms with Crippen LogP contribution in [0, 0.1) is 0 Å². The molecule has 1 unspecified atom stereocenters. The van der Waals surface area contributed by atoms with Crippen molar-refractivity contribution in [3.05, 3.63) is 11.6 Å². The number of allylic oxidation sites excluding steroid dienone is 1. The molecular formula is C11H20N2O. The van der Waals surface area contributed by atoms with Crippen LogP contribution in [0.5, 0.6) is 0 Å². The fraction of sp³-hybridized carbons (Fsp3) is 0.727. The van der Waals surface area contributed by atoms with Gasteiger partial charge in [0.2, 0.25) is 5.91 Å². The highest BCUT2D eigenvalue weighted by atomic mass is 16.1. The van der Waals surface area contributed by atoms with Crippen molar-refractivity contribution in [1.29, 1.82) is 0 Å². The summed E-state index contributed by atoms with van der Waals surface area (Å²) in [6, 6.07) is 0.203. The van der Waals surface area contributed by atoms with Crippen LogP contribution < -0.4 is 11.1 Å². The molecule has 0 aliphatic heterocycles. The molecule has 0 radical (unpaired) electrons. The van der Waals surface area contributed by atoms with Crippen LogP contribution in [-0.2, 0) is 4.79 Å². The summed E-state index contributed by atoms with van der Waals surface area (Å²) in [5, 5.41) is 3.30. The Morgan fingerprint density at radius 3 is 3.07 bits per heavy atom. The van der Waals surface area contributed by atoms with Gasteiger partial charge in [0.25, 0.3) is 0 Å². The van der Waals surface area contributed by atoms with Gasteiger partial charge in [-0.1, -0.05) is 11.6 Å². The number of carbonyl (C=O) groups is 1. The Bertz CT molecular complexity index is 223. The van der Waals surface area contributed by atoms with Crippen LogP contribution in [0.25, 0.3) is 0 Å². The predicted molar refractivity (Wildman–Crippen MR) is 57.8 cm³/mol. The number of rotatable bonds is 6. The molecule has 3 nitrogen and oxygen atoms in total. The van der Waals surface area contributed by atoms with E-state index in [1.807, 2.05) is 6.92 Å². The monoisotopic (exact) mass is 196 g/mol. The Kier molecular flexibility index (Phi) is 4.66. The minimum absolute atomic E-state index is 0.203. The zero-order valence-corrected chi connectivity index (χ0v) is 8.88. The first kappa shape index (κ1) is 11.2. The third-order valence-corrected chi connectivity index (χ3v) is 2.58. The van der Waals surface area contributed by atoms with Crippen molar-refractivity contribution >= 4 is 5.91 Å². The quantitative estimate of drug-likeness (QED) is 0.630. The van der Waals surface area contributed by atoms with Gasteiger partial charge in [-0.15, -0.1) is 0 Å². The highest BCUT2D eigenvalue weighted by Crippen LogP contribution is 2.19. The molecule has 1 amide bonds. The molecule has 80 valence electrons. The summed E-state index contributed by atoms with van der Waals surface area (Å²) in [4.78, 5) is 10.6. The summed E-state index contributed by atoms with van der Waals surface area (Å²) in [7, 11) is 0. The molecule has 0 saturated heterocycles. The number of hydrogen-bond donors (Lipinski definition) is 2. The van der Waals surface area contributed by atoms with Crippen LogP contribution in [0.1, 0.15) is 39.0 Å². The molecule has 1 aliphatic carbocycles. The van der Waals surface area contributed by atoms with E-state index >= 15 is 0 Å². The number of carbonyl (C=O) groups excluding carboxylic acids is 1. The molecule has 14 heavy (non-hydrogen) atoms. The van der Waals surface area contributed by atoms with Gasteiger partial charge in [0.1, 0.15) is 0 Å².